The number of amides is 1. The number of aliphatic imine (C=N–C) groups is 1. The molecule has 0 spiro atoms. The van der Waals surface area contributed by atoms with E-state index in [1.165, 1.54) is 12.8 Å². The van der Waals surface area contributed by atoms with E-state index >= 15 is 0 Å². The van der Waals surface area contributed by atoms with Gasteiger partial charge in [0.05, 0.1) is 6.54 Å². The molecule has 0 radical (unpaired) electrons. The van der Waals surface area contributed by atoms with E-state index in [2.05, 4.69) is 21.8 Å². The molecule has 2 aliphatic heterocycles. The molecule has 2 heterocycles. The van der Waals surface area contributed by atoms with E-state index in [0.717, 1.165) is 13.1 Å². The van der Waals surface area contributed by atoms with Crippen molar-refractivity contribution in [1.29, 1.82) is 0 Å². The molecule has 1 amide bonds. The van der Waals surface area contributed by atoms with Crippen LogP contribution in [0.2, 0.25) is 0 Å². The van der Waals surface area contributed by atoms with E-state index in [4.69, 9.17) is 10.5 Å². The van der Waals surface area contributed by atoms with Crippen molar-refractivity contribution in [2.45, 2.75) is 45.3 Å². The monoisotopic (exact) mass is 325 g/mol. The van der Waals surface area contributed by atoms with Crippen LogP contribution in [0.1, 0.15) is 33.6 Å². The molecule has 7 nitrogen and oxygen atoms in total. The molecule has 0 aromatic rings. The second-order valence-corrected chi connectivity index (χ2v) is 7.43. The second-order valence-electron chi connectivity index (χ2n) is 7.43. The lowest BCUT2D eigenvalue weighted by atomic mass is 10.2. The fraction of sp³-hybridized carbons (Fsp3) is 0.875. The van der Waals surface area contributed by atoms with Crippen LogP contribution in [-0.2, 0) is 4.74 Å². The summed E-state index contributed by atoms with van der Waals surface area (Å²) in [7, 11) is 2.14. The fourth-order valence-electron chi connectivity index (χ4n) is 2.95. The molecule has 7 heteroatoms. The Morgan fingerprint density at radius 1 is 1.17 bits per heavy atom. The second kappa shape index (κ2) is 7.38. The molecule has 0 aromatic heterocycles. The van der Waals surface area contributed by atoms with Crippen LogP contribution in [0.15, 0.2) is 4.99 Å². The van der Waals surface area contributed by atoms with Crippen LogP contribution < -0.4 is 5.73 Å². The molecule has 0 bridgehead atoms. The number of hydrogen-bond donors (Lipinski definition) is 1. The first-order valence-corrected chi connectivity index (χ1v) is 8.49. The Balaban J connectivity index is 1.78. The van der Waals surface area contributed by atoms with Crippen molar-refractivity contribution in [2.24, 2.45) is 10.7 Å². The largest absolute Gasteiger partial charge is 0.444 e. The number of ether oxygens (including phenoxy) is 1. The quantitative estimate of drug-likeness (QED) is 0.604. The molecule has 0 aliphatic carbocycles. The molecular weight excluding hydrogens is 294 g/mol. The highest BCUT2D eigenvalue weighted by Gasteiger charge is 2.27. The molecule has 2 fully saturated rings. The van der Waals surface area contributed by atoms with Crippen LogP contribution in [0.4, 0.5) is 4.79 Å². The number of piperazine rings is 1. The van der Waals surface area contributed by atoms with Gasteiger partial charge in [0.25, 0.3) is 0 Å². The standard InChI is InChI=1S/C16H31N5O2/c1-16(2,3)23-15(22)21-10-8-20(9-11-21)14(17)18-12-13-6-5-7-19(13)4/h13H,5-12H2,1-4H3,(H2,17,18). The maximum atomic E-state index is 12.0. The van der Waals surface area contributed by atoms with Gasteiger partial charge in [-0.25, -0.2) is 4.79 Å². The minimum atomic E-state index is -0.456. The maximum Gasteiger partial charge on any atom is 0.410 e. The van der Waals surface area contributed by atoms with Crippen molar-refractivity contribution < 1.29 is 9.53 Å². The van der Waals surface area contributed by atoms with Gasteiger partial charge in [-0.05, 0) is 47.2 Å². The normalized spacial score (nSPS) is 24.2. The van der Waals surface area contributed by atoms with Gasteiger partial charge in [0.15, 0.2) is 5.96 Å². The van der Waals surface area contributed by atoms with E-state index in [1.54, 1.807) is 4.90 Å². The van der Waals surface area contributed by atoms with E-state index in [9.17, 15) is 4.79 Å². The number of likely N-dealkylation sites (N-methyl/N-ethyl adjacent to an activating group) is 1. The Hall–Kier alpha value is -1.50. The van der Waals surface area contributed by atoms with Gasteiger partial charge in [0.2, 0.25) is 0 Å². The summed E-state index contributed by atoms with van der Waals surface area (Å²) in [6.45, 7) is 10.2. The highest BCUT2D eigenvalue weighted by molar-refractivity contribution is 5.78. The summed E-state index contributed by atoms with van der Waals surface area (Å²) in [5, 5.41) is 0. The van der Waals surface area contributed by atoms with Gasteiger partial charge >= 0.3 is 6.09 Å². The number of guanidine groups is 1. The van der Waals surface area contributed by atoms with Gasteiger partial charge in [0.1, 0.15) is 5.60 Å². The summed E-state index contributed by atoms with van der Waals surface area (Å²) in [6, 6.07) is 0.511. The van der Waals surface area contributed by atoms with Crippen molar-refractivity contribution >= 4 is 12.1 Å². The van der Waals surface area contributed by atoms with Gasteiger partial charge in [-0.15, -0.1) is 0 Å². The molecule has 2 saturated heterocycles. The van der Waals surface area contributed by atoms with Crippen molar-refractivity contribution in [3.8, 4) is 0 Å². The number of likely N-dealkylation sites (tertiary alicyclic amines) is 1. The highest BCUT2D eigenvalue weighted by Crippen LogP contribution is 2.15. The maximum absolute atomic E-state index is 12.0. The lowest BCUT2D eigenvalue weighted by Crippen LogP contribution is -2.53. The van der Waals surface area contributed by atoms with Crippen LogP contribution in [0, 0.1) is 0 Å². The van der Waals surface area contributed by atoms with E-state index in [0.29, 0.717) is 38.2 Å². The zero-order valence-corrected chi connectivity index (χ0v) is 14.9. The third-order valence-electron chi connectivity index (χ3n) is 4.39. The Morgan fingerprint density at radius 2 is 1.78 bits per heavy atom. The number of nitrogens with two attached hydrogens (primary N) is 1. The molecular formula is C16H31N5O2. The first-order chi connectivity index (χ1) is 10.8. The summed E-state index contributed by atoms with van der Waals surface area (Å²) >= 11 is 0. The van der Waals surface area contributed by atoms with E-state index in [-0.39, 0.29) is 6.09 Å². The zero-order chi connectivity index (χ0) is 17.0. The third kappa shape index (κ3) is 5.27. The van der Waals surface area contributed by atoms with Gasteiger partial charge in [-0.1, -0.05) is 0 Å². The van der Waals surface area contributed by atoms with Gasteiger partial charge in [-0.2, -0.15) is 0 Å². The molecule has 2 aliphatic rings. The fourth-order valence-corrected chi connectivity index (χ4v) is 2.95. The molecule has 0 aromatic carbocycles. The zero-order valence-electron chi connectivity index (χ0n) is 14.9. The molecule has 23 heavy (non-hydrogen) atoms. The molecule has 0 saturated carbocycles. The van der Waals surface area contributed by atoms with Crippen molar-refractivity contribution in [3.05, 3.63) is 0 Å². The Bertz CT molecular complexity index is 438. The number of hydrogen-bond acceptors (Lipinski definition) is 4. The van der Waals surface area contributed by atoms with Gasteiger partial charge in [-0.3, -0.25) is 4.99 Å². The van der Waals surface area contributed by atoms with Crippen LogP contribution in [0.5, 0.6) is 0 Å². The summed E-state index contributed by atoms with van der Waals surface area (Å²) in [5.74, 6) is 0.592. The van der Waals surface area contributed by atoms with Gasteiger partial charge in [0, 0.05) is 32.2 Å². The average Bonchev–Trinajstić information content (AvgIpc) is 2.88. The summed E-state index contributed by atoms with van der Waals surface area (Å²) < 4.78 is 5.40. The topological polar surface area (TPSA) is 74.4 Å². The first-order valence-electron chi connectivity index (χ1n) is 8.49. The average molecular weight is 325 g/mol. The molecule has 1 atom stereocenters. The molecule has 2 N–H and O–H groups in total. The first kappa shape index (κ1) is 17.8. The molecule has 1 unspecified atom stereocenters. The Morgan fingerprint density at radius 3 is 2.30 bits per heavy atom. The number of nitrogens with zero attached hydrogens (tertiary/aromatic N) is 4. The Kier molecular flexibility index (Phi) is 5.73. The summed E-state index contributed by atoms with van der Waals surface area (Å²) in [4.78, 5) is 22.7. The summed E-state index contributed by atoms with van der Waals surface area (Å²) in [6.07, 6.45) is 2.19. The summed E-state index contributed by atoms with van der Waals surface area (Å²) in [5.41, 5.74) is 5.66. The highest BCUT2D eigenvalue weighted by atomic mass is 16.6. The predicted octanol–water partition coefficient (Wildman–Crippen LogP) is 0.948. The minimum absolute atomic E-state index is 0.250. The number of carbonyl (C=O) groups excluding carboxylic acids is 1. The SMILES string of the molecule is CN1CCCC1CN=C(N)N1CCN(C(=O)OC(C)(C)C)CC1. The lowest BCUT2D eigenvalue weighted by molar-refractivity contribution is 0.0186. The van der Waals surface area contributed by atoms with Crippen LogP contribution >= 0.6 is 0 Å². The molecule has 2 rings (SSSR count). The lowest BCUT2D eigenvalue weighted by Gasteiger charge is -2.36. The minimum Gasteiger partial charge on any atom is -0.444 e. The van der Waals surface area contributed by atoms with Crippen molar-refractivity contribution in [3.63, 3.8) is 0 Å². The molecule has 132 valence electrons. The van der Waals surface area contributed by atoms with Crippen molar-refractivity contribution in [1.82, 2.24) is 14.7 Å². The van der Waals surface area contributed by atoms with Crippen molar-refractivity contribution in [2.75, 3.05) is 46.3 Å². The predicted molar refractivity (Wildman–Crippen MR) is 91.5 cm³/mol. The van der Waals surface area contributed by atoms with Gasteiger partial charge < -0.3 is 25.2 Å². The van der Waals surface area contributed by atoms with Crippen LogP contribution in [-0.4, -0.2) is 84.7 Å². The van der Waals surface area contributed by atoms with E-state index < -0.39 is 5.60 Å². The third-order valence-corrected chi connectivity index (χ3v) is 4.39. The number of carbonyl (C=O) groups is 1. The van der Waals surface area contributed by atoms with Crippen LogP contribution in [0.3, 0.4) is 0 Å². The van der Waals surface area contributed by atoms with E-state index in [1.807, 2.05) is 20.8 Å². The number of rotatable bonds is 2. The smallest absolute Gasteiger partial charge is 0.410 e. The van der Waals surface area contributed by atoms with Crippen LogP contribution in [0.25, 0.3) is 0 Å². The Labute approximate surface area is 139 Å².